The van der Waals surface area contributed by atoms with E-state index in [4.69, 9.17) is 9.47 Å². The number of hydrogen-bond donors (Lipinski definition) is 0. The smallest absolute Gasteiger partial charge is 0.157 e. The molecule has 0 unspecified atom stereocenters. The Labute approximate surface area is 115 Å². The van der Waals surface area contributed by atoms with Crippen molar-refractivity contribution in [2.45, 2.75) is 31.9 Å². The SMILES string of the molecule is COCCN(C)Cc1cnc([C@H]2CCCCO2)nc1. The summed E-state index contributed by atoms with van der Waals surface area (Å²) in [5.41, 5.74) is 1.12. The largest absolute Gasteiger partial charge is 0.383 e. The molecule has 5 heteroatoms. The summed E-state index contributed by atoms with van der Waals surface area (Å²) in [6.07, 6.45) is 7.29. The van der Waals surface area contributed by atoms with E-state index >= 15 is 0 Å². The van der Waals surface area contributed by atoms with E-state index < -0.39 is 0 Å². The number of aromatic nitrogens is 2. The zero-order valence-corrected chi connectivity index (χ0v) is 11.8. The number of ether oxygens (including phenoxy) is 2. The molecule has 0 saturated carbocycles. The van der Waals surface area contributed by atoms with Gasteiger partial charge in [0.15, 0.2) is 5.82 Å². The summed E-state index contributed by atoms with van der Waals surface area (Å²) in [5, 5.41) is 0. The molecule has 2 heterocycles. The van der Waals surface area contributed by atoms with Crippen LogP contribution in [0.5, 0.6) is 0 Å². The number of rotatable bonds is 6. The Morgan fingerprint density at radius 2 is 2.16 bits per heavy atom. The highest BCUT2D eigenvalue weighted by Crippen LogP contribution is 2.24. The minimum atomic E-state index is 0.0917. The van der Waals surface area contributed by atoms with Crippen molar-refractivity contribution < 1.29 is 9.47 Å². The minimum Gasteiger partial charge on any atom is -0.383 e. The first kappa shape index (κ1) is 14.4. The standard InChI is InChI=1S/C14H23N3O2/c1-17(6-8-18-2)11-12-9-15-14(16-10-12)13-5-3-4-7-19-13/h9-10,13H,3-8,11H2,1-2H3/t13-/m1/s1. The highest BCUT2D eigenvalue weighted by molar-refractivity contribution is 5.06. The van der Waals surface area contributed by atoms with E-state index in [-0.39, 0.29) is 6.10 Å². The van der Waals surface area contributed by atoms with Gasteiger partial charge in [0.2, 0.25) is 0 Å². The van der Waals surface area contributed by atoms with Crippen LogP contribution in [0.25, 0.3) is 0 Å². The van der Waals surface area contributed by atoms with Crippen molar-refractivity contribution in [1.82, 2.24) is 14.9 Å². The fraction of sp³-hybridized carbons (Fsp3) is 0.714. The van der Waals surface area contributed by atoms with Crippen LogP contribution < -0.4 is 0 Å². The van der Waals surface area contributed by atoms with Crippen LogP contribution in [0.3, 0.4) is 0 Å². The number of methoxy groups -OCH3 is 1. The number of likely N-dealkylation sites (N-methyl/N-ethyl adjacent to an activating group) is 1. The first-order valence-electron chi connectivity index (χ1n) is 6.89. The van der Waals surface area contributed by atoms with Crippen molar-refractivity contribution >= 4 is 0 Å². The van der Waals surface area contributed by atoms with E-state index in [1.165, 1.54) is 6.42 Å². The summed E-state index contributed by atoms with van der Waals surface area (Å²) in [7, 11) is 3.78. The van der Waals surface area contributed by atoms with Gasteiger partial charge in [0.05, 0.1) is 6.61 Å². The zero-order chi connectivity index (χ0) is 13.5. The zero-order valence-electron chi connectivity index (χ0n) is 11.8. The molecule has 1 aliphatic rings. The third-order valence-corrected chi connectivity index (χ3v) is 3.32. The molecule has 1 aromatic heterocycles. The van der Waals surface area contributed by atoms with Gasteiger partial charge in [-0.1, -0.05) is 0 Å². The molecule has 1 fully saturated rings. The molecule has 0 bridgehead atoms. The molecule has 0 N–H and O–H groups in total. The van der Waals surface area contributed by atoms with Gasteiger partial charge < -0.3 is 9.47 Å². The van der Waals surface area contributed by atoms with Crippen molar-refractivity contribution in [3.8, 4) is 0 Å². The summed E-state index contributed by atoms with van der Waals surface area (Å²) in [4.78, 5) is 11.1. The van der Waals surface area contributed by atoms with Crippen LogP contribution in [0.2, 0.25) is 0 Å². The first-order valence-corrected chi connectivity index (χ1v) is 6.89. The van der Waals surface area contributed by atoms with E-state index in [1.54, 1.807) is 7.11 Å². The van der Waals surface area contributed by atoms with Crippen molar-refractivity contribution in [2.24, 2.45) is 0 Å². The average Bonchev–Trinajstić information content (AvgIpc) is 2.47. The van der Waals surface area contributed by atoms with Gasteiger partial charge in [0.1, 0.15) is 6.10 Å². The Hall–Kier alpha value is -1.04. The van der Waals surface area contributed by atoms with Crippen LogP contribution in [-0.4, -0.2) is 48.8 Å². The maximum Gasteiger partial charge on any atom is 0.157 e. The monoisotopic (exact) mass is 265 g/mol. The fourth-order valence-corrected chi connectivity index (χ4v) is 2.19. The quantitative estimate of drug-likeness (QED) is 0.785. The molecule has 0 spiro atoms. The van der Waals surface area contributed by atoms with E-state index in [2.05, 4.69) is 21.9 Å². The molecule has 2 rings (SSSR count). The molecule has 0 radical (unpaired) electrons. The second-order valence-electron chi connectivity index (χ2n) is 5.04. The van der Waals surface area contributed by atoms with E-state index in [0.717, 1.165) is 50.5 Å². The second-order valence-corrected chi connectivity index (χ2v) is 5.04. The van der Waals surface area contributed by atoms with Gasteiger partial charge in [-0.05, 0) is 26.3 Å². The second kappa shape index (κ2) is 7.53. The van der Waals surface area contributed by atoms with Crippen LogP contribution >= 0.6 is 0 Å². The maximum absolute atomic E-state index is 5.69. The average molecular weight is 265 g/mol. The van der Waals surface area contributed by atoms with Crippen molar-refractivity contribution in [1.29, 1.82) is 0 Å². The Bertz CT molecular complexity index is 363. The summed E-state index contributed by atoms with van der Waals surface area (Å²) in [6, 6.07) is 0. The molecule has 0 aromatic carbocycles. The predicted molar refractivity (Wildman–Crippen MR) is 72.8 cm³/mol. The third kappa shape index (κ3) is 4.53. The number of hydrogen-bond acceptors (Lipinski definition) is 5. The Morgan fingerprint density at radius 1 is 1.37 bits per heavy atom. The molecule has 106 valence electrons. The first-order chi connectivity index (χ1) is 9.29. The highest BCUT2D eigenvalue weighted by Gasteiger charge is 2.18. The molecule has 0 aliphatic carbocycles. The molecule has 5 nitrogen and oxygen atoms in total. The van der Waals surface area contributed by atoms with Gasteiger partial charge in [-0.2, -0.15) is 0 Å². The lowest BCUT2D eigenvalue weighted by Gasteiger charge is -2.21. The normalized spacial score (nSPS) is 19.8. The summed E-state index contributed by atoms with van der Waals surface area (Å²) >= 11 is 0. The maximum atomic E-state index is 5.69. The van der Waals surface area contributed by atoms with Crippen LogP contribution in [0.4, 0.5) is 0 Å². The van der Waals surface area contributed by atoms with E-state index in [0.29, 0.717) is 0 Å². The van der Waals surface area contributed by atoms with Crippen molar-refractivity contribution in [2.75, 3.05) is 33.9 Å². The molecule has 19 heavy (non-hydrogen) atoms. The van der Waals surface area contributed by atoms with Gasteiger partial charge in [0.25, 0.3) is 0 Å². The van der Waals surface area contributed by atoms with Crippen LogP contribution in [-0.2, 0) is 16.0 Å². The number of nitrogens with zero attached hydrogens (tertiary/aromatic N) is 3. The van der Waals surface area contributed by atoms with Crippen molar-refractivity contribution in [3.63, 3.8) is 0 Å². The molecule has 1 aliphatic heterocycles. The van der Waals surface area contributed by atoms with Crippen LogP contribution in [0.1, 0.15) is 36.8 Å². The highest BCUT2D eigenvalue weighted by atomic mass is 16.5. The Kier molecular flexibility index (Phi) is 5.69. The van der Waals surface area contributed by atoms with Gasteiger partial charge >= 0.3 is 0 Å². The molecule has 1 saturated heterocycles. The van der Waals surface area contributed by atoms with Crippen LogP contribution in [0, 0.1) is 0 Å². The van der Waals surface area contributed by atoms with Gasteiger partial charge in [-0.15, -0.1) is 0 Å². The van der Waals surface area contributed by atoms with Gasteiger partial charge in [-0.3, -0.25) is 4.90 Å². The molecule has 1 aromatic rings. The Morgan fingerprint density at radius 3 is 2.79 bits per heavy atom. The molecule has 0 amide bonds. The molecular weight excluding hydrogens is 242 g/mol. The van der Waals surface area contributed by atoms with E-state index in [9.17, 15) is 0 Å². The van der Waals surface area contributed by atoms with Crippen LogP contribution in [0.15, 0.2) is 12.4 Å². The minimum absolute atomic E-state index is 0.0917. The summed E-state index contributed by atoms with van der Waals surface area (Å²) < 4.78 is 10.7. The topological polar surface area (TPSA) is 47.5 Å². The third-order valence-electron chi connectivity index (χ3n) is 3.32. The van der Waals surface area contributed by atoms with Crippen molar-refractivity contribution in [3.05, 3.63) is 23.8 Å². The lowest BCUT2D eigenvalue weighted by atomic mass is 10.1. The van der Waals surface area contributed by atoms with Gasteiger partial charge in [0, 0.05) is 44.8 Å². The lowest BCUT2D eigenvalue weighted by Crippen LogP contribution is -2.22. The predicted octanol–water partition coefficient (Wildman–Crippen LogP) is 1.80. The van der Waals surface area contributed by atoms with Gasteiger partial charge in [-0.25, -0.2) is 9.97 Å². The lowest BCUT2D eigenvalue weighted by molar-refractivity contribution is 0.00938. The molecular formula is C14H23N3O2. The Balaban J connectivity index is 1.86. The summed E-state index contributed by atoms with van der Waals surface area (Å²) in [5.74, 6) is 0.822. The summed E-state index contributed by atoms with van der Waals surface area (Å²) in [6.45, 7) is 3.32. The molecule has 1 atom stereocenters. The fourth-order valence-electron chi connectivity index (χ4n) is 2.19. The van der Waals surface area contributed by atoms with E-state index in [1.807, 2.05) is 12.4 Å².